The van der Waals surface area contributed by atoms with E-state index in [1.54, 1.807) is 11.3 Å². The fourth-order valence-corrected chi connectivity index (χ4v) is 3.49. The molecule has 96 valence electrons. The van der Waals surface area contributed by atoms with Gasteiger partial charge in [0.25, 0.3) is 0 Å². The van der Waals surface area contributed by atoms with Crippen LogP contribution in [-0.2, 0) is 6.54 Å². The van der Waals surface area contributed by atoms with E-state index in [1.807, 2.05) is 0 Å². The van der Waals surface area contributed by atoms with Gasteiger partial charge < -0.3 is 10.2 Å². The van der Waals surface area contributed by atoms with Gasteiger partial charge in [0, 0.05) is 25.2 Å². The predicted molar refractivity (Wildman–Crippen MR) is 75.6 cm³/mol. The number of aryl methyl sites for hydroxylation is 1. The van der Waals surface area contributed by atoms with Crippen molar-refractivity contribution in [2.45, 2.75) is 45.8 Å². The smallest absolute Gasteiger partial charge is 0.0219 e. The molecule has 0 radical (unpaired) electrons. The fraction of sp³-hybridized carbons (Fsp3) is 0.714. The minimum absolute atomic E-state index is 0.667. The van der Waals surface area contributed by atoms with Crippen molar-refractivity contribution in [1.29, 1.82) is 0 Å². The number of nitrogens with zero attached hydrogens (tertiary/aromatic N) is 1. The Balaban J connectivity index is 1.89. The maximum Gasteiger partial charge on any atom is 0.0219 e. The Morgan fingerprint density at radius 2 is 2.18 bits per heavy atom. The first kappa shape index (κ1) is 13.1. The standard InChI is InChI=1S/C14H24N2S/c1-10-7-16(4)12(3)5-14(10)15-6-13-9-17-8-11(13)2/h8-10,12,14-15H,5-7H2,1-4H3. The zero-order valence-corrected chi connectivity index (χ0v) is 12.2. The molecule has 0 aliphatic carbocycles. The van der Waals surface area contributed by atoms with Gasteiger partial charge in [0.2, 0.25) is 0 Å². The van der Waals surface area contributed by atoms with Gasteiger partial charge in [-0.3, -0.25) is 0 Å². The Bertz CT molecular complexity index is 361. The Morgan fingerprint density at radius 3 is 2.82 bits per heavy atom. The average Bonchev–Trinajstić information content (AvgIpc) is 2.68. The third-order valence-corrected chi connectivity index (χ3v) is 5.04. The van der Waals surface area contributed by atoms with Crippen molar-refractivity contribution < 1.29 is 0 Å². The summed E-state index contributed by atoms with van der Waals surface area (Å²) in [6.45, 7) is 9.13. The molecule has 1 aromatic rings. The van der Waals surface area contributed by atoms with Crippen molar-refractivity contribution in [1.82, 2.24) is 10.2 Å². The maximum absolute atomic E-state index is 3.75. The van der Waals surface area contributed by atoms with Gasteiger partial charge in [0.15, 0.2) is 0 Å². The van der Waals surface area contributed by atoms with E-state index in [0.29, 0.717) is 12.1 Å². The molecule has 1 N–H and O–H groups in total. The monoisotopic (exact) mass is 252 g/mol. The zero-order valence-electron chi connectivity index (χ0n) is 11.4. The van der Waals surface area contributed by atoms with Gasteiger partial charge in [0.05, 0.1) is 0 Å². The number of rotatable bonds is 3. The van der Waals surface area contributed by atoms with Gasteiger partial charge in [-0.2, -0.15) is 11.3 Å². The lowest BCUT2D eigenvalue weighted by molar-refractivity contribution is 0.121. The van der Waals surface area contributed by atoms with Crippen LogP contribution in [0, 0.1) is 12.8 Å². The minimum atomic E-state index is 0.667. The predicted octanol–water partition coefficient (Wildman–Crippen LogP) is 2.87. The number of likely N-dealkylation sites (tertiary alicyclic amines) is 1. The van der Waals surface area contributed by atoms with Crippen LogP contribution in [0.25, 0.3) is 0 Å². The van der Waals surface area contributed by atoms with E-state index in [1.165, 1.54) is 24.1 Å². The van der Waals surface area contributed by atoms with Gasteiger partial charge in [-0.1, -0.05) is 6.92 Å². The molecule has 3 atom stereocenters. The van der Waals surface area contributed by atoms with Crippen LogP contribution in [0.1, 0.15) is 31.4 Å². The SMILES string of the molecule is Cc1cscc1CNC1CC(C)N(C)CC1C. The van der Waals surface area contributed by atoms with E-state index in [9.17, 15) is 0 Å². The van der Waals surface area contributed by atoms with E-state index in [-0.39, 0.29) is 0 Å². The van der Waals surface area contributed by atoms with E-state index in [4.69, 9.17) is 0 Å². The Hall–Kier alpha value is -0.380. The highest BCUT2D eigenvalue weighted by molar-refractivity contribution is 7.08. The highest BCUT2D eigenvalue weighted by Crippen LogP contribution is 2.22. The summed E-state index contributed by atoms with van der Waals surface area (Å²) in [4.78, 5) is 2.47. The molecule has 0 amide bonds. The van der Waals surface area contributed by atoms with Crippen LogP contribution in [0.15, 0.2) is 10.8 Å². The second-order valence-electron chi connectivity index (χ2n) is 5.57. The molecular formula is C14H24N2S. The first-order valence-corrected chi connectivity index (χ1v) is 7.47. The number of hydrogen-bond acceptors (Lipinski definition) is 3. The van der Waals surface area contributed by atoms with Crippen molar-refractivity contribution in [3.63, 3.8) is 0 Å². The molecule has 1 saturated heterocycles. The Kier molecular flexibility index (Phi) is 4.23. The van der Waals surface area contributed by atoms with Gasteiger partial charge in [0.1, 0.15) is 0 Å². The molecule has 3 unspecified atom stereocenters. The quantitative estimate of drug-likeness (QED) is 0.890. The molecule has 3 heteroatoms. The van der Waals surface area contributed by atoms with Gasteiger partial charge in [-0.25, -0.2) is 0 Å². The van der Waals surface area contributed by atoms with E-state index < -0.39 is 0 Å². The lowest BCUT2D eigenvalue weighted by Gasteiger charge is -2.40. The third-order valence-electron chi connectivity index (χ3n) is 4.13. The number of thiophene rings is 1. The minimum Gasteiger partial charge on any atom is -0.310 e. The van der Waals surface area contributed by atoms with Crippen LogP contribution < -0.4 is 5.32 Å². The molecule has 1 aliphatic heterocycles. The van der Waals surface area contributed by atoms with Crippen LogP contribution >= 0.6 is 11.3 Å². The van der Waals surface area contributed by atoms with Gasteiger partial charge >= 0.3 is 0 Å². The van der Waals surface area contributed by atoms with Crippen molar-refractivity contribution in [3.8, 4) is 0 Å². The third kappa shape index (κ3) is 3.09. The number of hydrogen-bond donors (Lipinski definition) is 1. The summed E-state index contributed by atoms with van der Waals surface area (Å²) in [5.41, 5.74) is 2.89. The maximum atomic E-state index is 3.75. The molecule has 2 heterocycles. The normalized spacial score (nSPS) is 30.7. The molecule has 0 aromatic carbocycles. The van der Waals surface area contributed by atoms with Crippen LogP contribution in [0.2, 0.25) is 0 Å². The lowest BCUT2D eigenvalue weighted by atomic mass is 9.90. The average molecular weight is 252 g/mol. The van der Waals surface area contributed by atoms with Crippen LogP contribution in [0.5, 0.6) is 0 Å². The lowest BCUT2D eigenvalue weighted by Crippen LogP contribution is -2.50. The van der Waals surface area contributed by atoms with Crippen molar-refractivity contribution >= 4 is 11.3 Å². The molecule has 1 aliphatic rings. The molecule has 0 saturated carbocycles. The van der Waals surface area contributed by atoms with E-state index in [2.05, 4.69) is 48.8 Å². The number of piperidine rings is 1. The second-order valence-corrected chi connectivity index (χ2v) is 6.31. The molecule has 17 heavy (non-hydrogen) atoms. The van der Waals surface area contributed by atoms with Crippen molar-refractivity contribution in [2.75, 3.05) is 13.6 Å². The topological polar surface area (TPSA) is 15.3 Å². The molecule has 2 nitrogen and oxygen atoms in total. The van der Waals surface area contributed by atoms with Crippen LogP contribution in [0.4, 0.5) is 0 Å². The van der Waals surface area contributed by atoms with E-state index in [0.717, 1.165) is 12.5 Å². The molecular weight excluding hydrogens is 228 g/mol. The van der Waals surface area contributed by atoms with Gasteiger partial charge in [-0.15, -0.1) is 0 Å². The molecule has 2 rings (SSSR count). The first-order valence-electron chi connectivity index (χ1n) is 6.53. The zero-order chi connectivity index (χ0) is 12.4. The summed E-state index contributed by atoms with van der Waals surface area (Å²) in [7, 11) is 2.24. The van der Waals surface area contributed by atoms with Crippen molar-refractivity contribution in [2.24, 2.45) is 5.92 Å². The number of nitrogens with one attached hydrogen (secondary N) is 1. The first-order chi connectivity index (χ1) is 8.08. The summed E-state index contributed by atoms with van der Waals surface area (Å²) < 4.78 is 0. The Labute approximate surface area is 109 Å². The molecule has 1 aromatic heterocycles. The summed E-state index contributed by atoms with van der Waals surface area (Å²) in [6.07, 6.45) is 1.26. The van der Waals surface area contributed by atoms with Crippen LogP contribution in [0.3, 0.4) is 0 Å². The molecule has 1 fully saturated rings. The largest absolute Gasteiger partial charge is 0.310 e. The molecule has 0 spiro atoms. The van der Waals surface area contributed by atoms with Gasteiger partial charge in [-0.05, 0) is 55.1 Å². The highest BCUT2D eigenvalue weighted by atomic mass is 32.1. The van der Waals surface area contributed by atoms with Crippen LogP contribution in [-0.4, -0.2) is 30.6 Å². The Morgan fingerprint density at radius 1 is 1.41 bits per heavy atom. The van der Waals surface area contributed by atoms with Crippen molar-refractivity contribution in [3.05, 3.63) is 21.9 Å². The highest BCUT2D eigenvalue weighted by Gasteiger charge is 2.28. The summed E-state index contributed by atoms with van der Waals surface area (Å²) in [6, 6.07) is 1.37. The fourth-order valence-electron chi connectivity index (χ4n) is 2.63. The summed E-state index contributed by atoms with van der Waals surface area (Å²) >= 11 is 1.81. The summed E-state index contributed by atoms with van der Waals surface area (Å²) in [5.74, 6) is 0.746. The van der Waals surface area contributed by atoms with E-state index >= 15 is 0 Å². The summed E-state index contributed by atoms with van der Waals surface area (Å²) in [5, 5.41) is 8.25. The molecule has 0 bridgehead atoms. The second kappa shape index (κ2) is 5.51.